The Hall–Kier alpha value is -2.03. The first-order chi connectivity index (χ1) is 8.59. The van der Waals surface area contributed by atoms with Crippen LogP contribution in [0.2, 0.25) is 0 Å². The lowest BCUT2D eigenvalue weighted by Crippen LogP contribution is -2.05. The summed E-state index contributed by atoms with van der Waals surface area (Å²) in [6.07, 6.45) is 0. The lowest BCUT2D eigenvalue weighted by Gasteiger charge is -2.04. The van der Waals surface area contributed by atoms with Gasteiger partial charge in [0.2, 0.25) is 5.16 Å². The molecule has 0 unspecified atom stereocenters. The van der Waals surface area contributed by atoms with Crippen molar-refractivity contribution < 1.29 is 18.7 Å². The number of thioether (sulfide) groups is 1. The van der Waals surface area contributed by atoms with E-state index < -0.39 is 17.6 Å². The van der Waals surface area contributed by atoms with Gasteiger partial charge in [0.05, 0.1) is 5.75 Å². The summed E-state index contributed by atoms with van der Waals surface area (Å²) >= 11 is 0.809. The molecule has 9 heteroatoms. The van der Waals surface area contributed by atoms with E-state index in [1.165, 1.54) is 12.1 Å². The first-order valence-corrected chi connectivity index (χ1v) is 5.65. The van der Waals surface area contributed by atoms with Gasteiger partial charge in [-0.05, 0) is 22.6 Å². The molecule has 2 aromatic rings. The first-order valence-electron chi connectivity index (χ1n) is 4.67. The lowest BCUT2D eigenvalue weighted by atomic mass is 10.3. The maximum atomic E-state index is 13.5. The van der Waals surface area contributed by atoms with Crippen LogP contribution in [0, 0.1) is 11.6 Å². The van der Waals surface area contributed by atoms with Crippen molar-refractivity contribution in [3.63, 3.8) is 0 Å². The van der Waals surface area contributed by atoms with Crippen molar-refractivity contribution in [1.29, 1.82) is 0 Å². The van der Waals surface area contributed by atoms with E-state index in [0.717, 1.165) is 22.5 Å². The molecule has 0 bridgehead atoms. The molecule has 0 fully saturated rings. The van der Waals surface area contributed by atoms with Crippen LogP contribution in [-0.2, 0) is 4.79 Å². The number of tetrazole rings is 1. The first kappa shape index (κ1) is 12.4. The molecule has 0 spiro atoms. The van der Waals surface area contributed by atoms with E-state index in [9.17, 15) is 13.6 Å². The Kier molecular flexibility index (Phi) is 3.51. The lowest BCUT2D eigenvalue weighted by molar-refractivity contribution is -0.133. The second-order valence-electron chi connectivity index (χ2n) is 3.13. The number of aromatic nitrogens is 4. The van der Waals surface area contributed by atoms with Gasteiger partial charge in [-0.3, -0.25) is 4.79 Å². The van der Waals surface area contributed by atoms with Gasteiger partial charge < -0.3 is 5.11 Å². The summed E-state index contributed by atoms with van der Waals surface area (Å²) in [7, 11) is 0. The Morgan fingerprint density at radius 3 is 2.94 bits per heavy atom. The van der Waals surface area contributed by atoms with Crippen molar-refractivity contribution in [3.8, 4) is 5.69 Å². The zero-order valence-corrected chi connectivity index (χ0v) is 9.56. The molecule has 0 saturated heterocycles. The van der Waals surface area contributed by atoms with Crippen LogP contribution in [0.1, 0.15) is 0 Å². The quantitative estimate of drug-likeness (QED) is 0.840. The van der Waals surface area contributed by atoms with Crippen LogP contribution in [0.5, 0.6) is 0 Å². The van der Waals surface area contributed by atoms with E-state index >= 15 is 0 Å². The third kappa shape index (κ3) is 2.45. The largest absolute Gasteiger partial charge is 0.481 e. The molecule has 94 valence electrons. The maximum Gasteiger partial charge on any atom is 0.313 e. The number of halogens is 2. The molecule has 0 aliphatic carbocycles. The number of aliphatic carboxylic acids is 1. The van der Waals surface area contributed by atoms with Crippen molar-refractivity contribution in [3.05, 3.63) is 29.8 Å². The minimum absolute atomic E-state index is 0.0712. The minimum Gasteiger partial charge on any atom is -0.481 e. The topological polar surface area (TPSA) is 80.9 Å². The van der Waals surface area contributed by atoms with E-state index in [1.54, 1.807) is 0 Å². The van der Waals surface area contributed by atoms with Gasteiger partial charge in [-0.2, -0.15) is 4.68 Å². The summed E-state index contributed by atoms with van der Waals surface area (Å²) < 4.78 is 27.5. The molecule has 1 aromatic heterocycles. The normalized spacial score (nSPS) is 10.6. The number of benzene rings is 1. The molecular formula is C9H6F2N4O2S. The number of nitrogens with zero attached hydrogens (tertiary/aromatic N) is 4. The van der Waals surface area contributed by atoms with E-state index in [1.807, 2.05) is 0 Å². The number of carboxylic acid groups (broad SMARTS) is 1. The molecule has 18 heavy (non-hydrogen) atoms. The fourth-order valence-corrected chi connectivity index (χ4v) is 1.81. The average molecular weight is 272 g/mol. The van der Waals surface area contributed by atoms with Gasteiger partial charge in [0.15, 0.2) is 11.6 Å². The molecule has 1 N–H and O–H groups in total. The summed E-state index contributed by atoms with van der Waals surface area (Å²) in [5.74, 6) is -3.47. The van der Waals surface area contributed by atoms with Crippen LogP contribution in [-0.4, -0.2) is 37.0 Å². The number of carboxylic acids is 1. The number of rotatable bonds is 4. The second-order valence-corrected chi connectivity index (χ2v) is 4.07. The highest BCUT2D eigenvalue weighted by Gasteiger charge is 2.16. The van der Waals surface area contributed by atoms with Crippen LogP contribution in [0.4, 0.5) is 8.78 Å². The summed E-state index contributed by atoms with van der Waals surface area (Å²) in [6, 6.07) is 3.56. The monoisotopic (exact) mass is 272 g/mol. The Bertz CT molecular complexity index is 590. The van der Waals surface area contributed by atoms with Crippen molar-refractivity contribution in [1.82, 2.24) is 20.2 Å². The predicted molar refractivity (Wildman–Crippen MR) is 57.4 cm³/mol. The van der Waals surface area contributed by atoms with Crippen molar-refractivity contribution in [2.45, 2.75) is 5.16 Å². The van der Waals surface area contributed by atoms with E-state index in [-0.39, 0.29) is 16.6 Å². The van der Waals surface area contributed by atoms with Crippen molar-refractivity contribution in [2.75, 3.05) is 5.75 Å². The van der Waals surface area contributed by atoms with E-state index in [0.29, 0.717) is 0 Å². The molecule has 0 atom stereocenters. The zero-order valence-electron chi connectivity index (χ0n) is 8.75. The van der Waals surface area contributed by atoms with Gasteiger partial charge in [-0.15, -0.1) is 5.10 Å². The molecule has 0 radical (unpaired) electrons. The summed E-state index contributed by atoms with van der Waals surface area (Å²) in [4.78, 5) is 10.4. The summed E-state index contributed by atoms with van der Waals surface area (Å²) in [6.45, 7) is 0. The van der Waals surface area contributed by atoms with Crippen LogP contribution in [0.25, 0.3) is 5.69 Å². The Morgan fingerprint density at radius 2 is 2.22 bits per heavy atom. The minimum atomic E-state index is -1.10. The van der Waals surface area contributed by atoms with E-state index in [2.05, 4.69) is 15.5 Å². The molecule has 0 aliphatic heterocycles. The average Bonchev–Trinajstić information content (AvgIpc) is 2.78. The number of carbonyl (C=O) groups is 1. The smallest absolute Gasteiger partial charge is 0.313 e. The molecular weight excluding hydrogens is 266 g/mol. The number of hydrogen-bond donors (Lipinski definition) is 1. The molecule has 1 heterocycles. The molecule has 6 nitrogen and oxygen atoms in total. The molecule has 0 aliphatic rings. The molecule has 0 saturated carbocycles. The van der Waals surface area contributed by atoms with Gasteiger partial charge in [-0.25, -0.2) is 8.78 Å². The van der Waals surface area contributed by atoms with Crippen LogP contribution in [0.3, 0.4) is 0 Å². The standard InChI is InChI=1S/C9H6F2N4O2S/c10-5-2-1-3-6(8(5)11)15-9(12-13-14-15)18-4-7(16)17/h1-3H,4H2,(H,16,17). The Balaban J connectivity index is 2.36. The third-order valence-corrected chi connectivity index (χ3v) is 2.83. The Labute approximate surface area is 104 Å². The molecule has 0 amide bonds. The fraction of sp³-hybridized carbons (Fsp3) is 0.111. The van der Waals surface area contributed by atoms with Gasteiger partial charge in [-0.1, -0.05) is 17.8 Å². The maximum absolute atomic E-state index is 13.5. The Morgan fingerprint density at radius 1 is 1.44 bits per heavy atom. The van der Waals surface area contributed by atoms with Gasteiger partial charge in [0.1, 0.15) is 5.69 Å². The highest BCUT2D eigenvalue weighted by molar-refractivity contribution is 7.99. The summed E-state index contributed by atoms with van der Waals surface area (Å²) in [5, 5.41) is 19.0. The van der Waals surface area contributed by atoms with Crippen molar-refractivity contribution >= 4 is 17.7 Å². The van der Waals surface area contributed by atoms with Crippen molar-refractivity contribution in [2.24, 2.45) is 0 Å². The number of hydrogen-bond acceptors (Lipinski definition) is 5. The third-order valence-electron chi connectivity index (χ3n) is 1.93. The fourth-order valence-electron chi connectivity index (χ4n) is 1.20. The van der Waals surface area contributed by atoms with Crippen LogP contribution < -0.4 is 0 Å². The summed E-state index contributed by atoms with van der Waals surface area (Å²) in [5.41, 5.74) is -0.173. The highest BCUT2D eigenvalue weighted by Crippen LogP contribution is 2.21. The van der Waals surface area contributed by atoms with Gasteiger partial charge >= 0.3 is 5.97 Å². The molecule has 2 rings (SSSR count). The highest BCUT2D eigenvalue weighted by atomic mass is 32.2. The zero-order chi connectivity index (χ0) is 13.1. The van der Waals surface area contributed by atoms with Crippen LogP contribution in [0.15, 0.2) is 23.4 Å². The van der Waals surface area contributed by atoms with Crippen LogP contribution >= 0.6 is 11.8 Å². The van der Waals surface area contributed by atoms with Gasteiger partial charge in [0, 0.05) is 0 Å². The van der Waals surface area contributed by atoms with Gasteiger partial charge in [0.25, 0.3) is 0 Å². The molecule has 1 aromatic carbocycles. The SMILES string of the molecule is O=C(O)CSc1nnnn1-c1cccc(F)c1F. The predicted octanol–water partition coefficient (Wildman–Crippen LogP) is 1.12. The second kappa shape index (κ2) is 5.08. The van der Waals surface area contributed by atoms with E-state index in [4.69, 9.17) is 5.11 Å².